The Kier molecular flexibility index (Phi) is 4.81. The lowest BCUT2D eigenvalue weighted by Crippen LogP contribution is -2.15. The number of amides is 1. The number of thiazole rings is 1. The summed E-state index contributed by atoms with van der Waals surface area (Å²) in [5, 5.41) is 4.26. The minimum Gasteiger partial charge on any atom is -0.302 e. The van der Waals surface area contributed by atoms with Crippen LogP contribution in [-0.2, 0) is 11.2 Å². The van der Waals surface area contributed by atoms with E-state index < -0.39 is 0 Å². The standard InChI is InChI=1S/C18H16Cl2N2OS/c1-9-6-10(2)12(11(3)7-9)8-15(23)21-18-22-17-14(24-18)5-4-13(19)16(17)20/h4-7H,8H2,1-3H3,(H,21,22,23). The molecule has 0 atom stereocenters. The summed E-state index contributed by atoms with van der Waals surface area (Å²) in [6, 6.07) is 7.77. The van der Waals surface area contributed by atoms with E-state index in [1.807, 2.05) is 19.9 Å². The van der Waals surface area contributed by atoms with Crippen molar-refractivity contribution in [2.24, 2.45) is 0 Å². The lowest BCUT2D eigenvalue weighted by Gasteiger charge is -2.10. The lowest BCUT2D eigenvalue weighted by atomic mass is 9.97. The third-order valence-electron chi connectivity index (χ3n) is 3.88. The summed E-state index contributed by atoms with van der Waals surface area (Å²) < 4.78 is 0.891. The minimum atomic E-state index is -0.0914. The van der Waals surface area contributed by atoms with Crippen LogP contribution in [0.4, 0.5) is 5.13 Å². The van der Waals surface area contributed by atoms with Crippen LogP contribution in [0.2, 0.25) is 10.0 Å². The van der Waals surface area contributed by atoms with Gasteiger partial charge in [-0.05, 0) is 49.6 Å². The number of aryl methyl sites for hydroxylation is 3. The maximum Gasteiger partial charge on any atom is 0.230 e. The van der Waals surface area contributed by atoms with Crippen LogP contribution in [0.3, 0.4) is 0 Å². The van der Waals surface area contributed by atoms with Crippen molar-refractivity contribution in [3.63, 3.8) is 0 Å². The Hall–Kier alpha value is -1.62. The van der Waals surface area contributed by atoms with Crippen LogP contribution in [0, 0.1) is 20.8 Å². The minimum absolute atomic E-state index is 0.0914. The Morgan fingerprint density at radius 1 is 1.17 bits per heavy atom. The van der Waals surface area contributed by atoms with Crippen molar-refractivity contribution in [1.82, 2.24) is 4.98 Å². The Balaban J connectivity index is 1.82. The van der Waals surface area contributed by atoms with E-state index in [4.69, 9.17) is 23.2 Å². The van der Waals surface area contributed by atoms with Gasteiger partial charge in [-0.3, -0.25) is 4.79 Å². The summed E-state index contributed by atoms with van der Waals surface area (Å²) in [7, 11) is 0. The Labute approximate surface area is 154 Å². The topological polar surface area (TPSA) is 42.0 Å². The predicted molar refractivity (Wildman–Crippen MR) is 103 cm³/mol. The van der Waals surface area contributed by atoms with Gasteiger partial charge >= 0.3 is 0 Å². The second kappa shape index (κ2) is 6.71. The van der Waals surface area contributed by atoms with Crippen molar-refractivity contribution in [2.45, 2.75) is 27.2 Å². The number of hydrogen-bond donors (Lipinski definition) is 1. The molecule has 3 nitrogen and oxygen atoms in total. The molecule has 1 amide bonds. The molecule has 1 N–H and O–H groups in total. The van der Waals surface area contributed by atoms with E-state index in [0.29, 0.717) is 27.1 Å². The molecule has 1 heterocycles. The molecule has 0 spiro atoms. The summed E-state index contributed by atoms with van der Waals surface area (Å²) in [5.74, 6) is -0.0914. The molecule has 2 aromatic carbocycles. The molecular weight excluding hydrogens is 363 g/mol. The summed E-state index contributed by atoms with van der Waals surface area (Å²) in [5.41, 5.74) is 5.13. The van der Waals surface area contributed by atoms with E-state index in [-0.39, 0.29) is 5.91 Å². The van der Waals surface area contributed by atoms with Crippen molar-refractivity contribution < 1.29 is 4.79 Å². The number of hydrogen-bond acceptors (Lipinski definition) is 3. The van der Waals surface area contributed by atoms with Crippen LogP contribution in [0.15, 0.2) is 24.3 Å². The Morgan fingerprint density at radius 2 is 1.83 bits per heavy atom. The van der Waals surface area contributed by atoms with Crippen molar-refractivity contribution in [3.8, 4) is 0 Å². The van der Waals surface area contributed by atoms with E-state index in [2.05, 4.69) is 29.4 Å². The first-order valence-electron chi connectivity index (χ1n) is 7.46. The number of nitrogens with zero attached hydrogens (tertiary/aromatic N) is 1. The average Bonchev–Trinajstić information content (AvgIpc) is 2.90. The number of halogens is 2. The smallest absolute Gasteiger partial charge is 0.230 e. The molecule has 0 saturated heterocycles. The number of aromatic nitrogens is 1. The van der Waals surface area contributed by atoms with Crippen LogP contribution in [0.5, 0.6) is 0 Å². The van der Waals surface area contributed by atoms with Gasteiger partial charge in [-0.2, -0.15) is 0 Å². The number of benzene rings is 2. The highest BCUT2D eigenvalue weighted by atomic mass is 35.5. The maximum atomic E-state index is 12.4. The highest BCUT2D eigenvalue weighted by Gasteiger charge is 2.14. The van der Waals surface area contributed by atoms with Crippen molar-refractivity contribution in [2.75, 3.05) is 5.32 Å². The summed E-state index contributed by atoms with van der Waals surface area (Å²) >= 11 is 13.5. The molecule has 0 saturated carbocycles. The van der Waals surface area contributed by atoms with Gasteiger partial charge in [0.2, 0.25) is 5.91 Å². The molecule has 0 bridgehead atoms. The monoisotopic (exact) mass is 378 g/mol. The van der Waals surface area contributed by atoms with E-state index in [9.17, 15) is 4.79 Å². The number of nitrogens with one attached hydrogen (secondary N) is 1. The zero-order valence-electron chi connectivity index (χ0n) is 13.5. The highest BCUT2D eigenvalue weighted by molar-refractivity contribution is 7.22. The van der Waals surface area contributed by atoms with Crippen LogP contribution in [-0.4, -0.2) is 10.9 Å². The van der Waals surface area contributed by atoms with Crippen LogP contribution >= 0.6 is 34.5 Å². The molecule has 0 radical (unpaired) electrons. The number of carbonyl (C=O) groups is 1. The molecule has 24 heavy (non-hydrogen) atoms. The van der Waals surface area contributed by atoms with Crippen molar-refractivity contribution >= 4 is 55.8 Å². The fourth-order valence-corrected chi connectivity index (χ4v) is 4.11. The van der Waals surface area contributed by atoms with E-state index in [1.165, 1.54) is 16.9 Å². The van der Waals surface area contributed by atoms with Gasteiger partial charge in [0.25, 0.3) is 0 Å². The summed E-state index contributed by atoms with van der Waals surface area (Å²) in [6.07, 6.45) is 0.322. The van der Waals surface area contributed by atoms with E-state index >= 15 is 0 Å². The second-order valence-electron chi connectivity index (χ2n) is 5.83. The zero-order chi connectivity index (χ0) is 17.4. The Bertz CT molecular complexity index is 927. The molecule has 124 valence electrons. The molecule has 0 aliphatic rings. The van der Waals surface area contributed by atoms with Gasteiger partial charge < -0.3 is 5.32 Å². The summed E-state index contributed by atoms with van der Waals surface area (Å²) in [4.78, 5) is 16.8. The third-order valence-corrected chi connectivity index (χ3v) is 5.61. The zero-order valence-corrected chi connectivity index (χ0v) is 15.9. The molecule has 0 fully saturated rings. The number of anilines is 1. The SMILES string of the molecule is Cc1cc(C)c(CC(=O)Nc2nc3c(Cl)c(Cl)ccc3s2)c(C)c1. The van der Waals surface area contributed by atoms with Gasteiger partial charge in [-0.25, -0.2) is 4.98 Å². The normalized spacial score (nSPS) is 11.0. The fraction of sp³-hybridized carbons (Fsp3) is 0.222. The maximum absolute atomic E-state index is 12.4. The highest BCUT2D eigenvalue weighted by Crippen LogP contribution is 2.35. The van der Waals surface area contributed by atoms with Crippen molar-refractivity contribution in [3.05, 3.63) is 56.6 Å². The molecule has 0 aliphatic heterocycles. The van der Waals surface area contributed by atoms with Gasteiger partial charge in [0.15, 0.2) is 5.13 Å². The van der Waals surface area contributed by atoms with Crippen LogP contribution in [0.1, 0.15) is 22.3 Å². The number of fused-ring (bicyclic) bond motifs is 1. The first kappa shape index (κ1) is 17.2. The quantitative estimate of drug-likeness (QED) is 0.633. The van der Waals surface area contributed by atoms with Gasteiger partial charge in [0.1, 0.15) is 5.52 Å². The lowest BCUT2D eigenvalue weighted by molar-refractivity contribution is -0.115. The first-order chi connectivity index (χ1) is 11.3. The van der Waals surface area contributed by atoms with Crippen LogP contribution in [0.25, 0.3) is 10.2 Å². The molecule has 1 aromatic heterocycles. The Morgan fingerprint density at radius 3 is 2.50 bits per heavy atom. The predicted octanol–water partition coefficient (Wildman–Crippen LogP) is 5.71. The number of carbonyl (C=O) groups excluding carboxylic acids is 1. The van der Waals surface area contributed by atoms with Crippen molar-refractivity contribution in [1.29, 1.82) is 0 Å². The summed E-state index contributed by atoms with van der Waals surface area (Å²) in [6.45, 7) is 6.12. The van der Waals surface area contributed by atoms with E-state index in [0.717, 1.165) is 21.4 Å². The molecule has 3 rings (SSSR count). The molecular formula is C18H16Cl2N2OS. The fourth-order valence-electron chi connectivity index (χ4n) is 2.80. The van der Waals surface area contributed by atoms with Gasteiger partial charge in [0.05, 0.1) is 21.2 Å². The third kappa shape index (κ3) is 3.41. The van der Waals surface area contributed by atoms with Gasteiger partial charge in [0, 0.05) is 0 Å². The second-order valence-corrected chi connectivity index (χ2v) is 7.65. The molecule has 3 aromatic rings. The van der Waals surface area contributed by atoms with E-state index in [1.54, 1.807) is 6.07 Å². The molecule has 0 aliphatic carbocycles. The van der Waals surface area contributed by atoms with Crippen LogP contribution < -0.4 is 5.32 Å². The largest absolute Gasteiger partial charge is 0.302 e. The average molecular weight is 379 g/mol. The molecule has 0 unspecified atom stereocenters. The number of rotatable bonds is 3. The van der Waals surface area contributed by atoms with Gasteiger partial charge in [-0.1, -0.05) is 52.2 Å². The van der Waals surface area contributed by atoms with Gasteiger partial charge in [-0.15, -0.1) is 0 Å². The first-order valence-corrected chi connectivity index (χ1v) is 9.03. The molecule has 6 heteroatoms.